The van der Waals surface area contributed by atoms with E-state index in [-0.39, 0.29) is 0 Å². The smallest absolute Gasteiger partial charge is 0.331 e. The van der Waals surface area contributed by atoms with Crippen LogP contribution in [0.1, 0.15) is 12.5 Å². The van der Waals surface area contributed by atoms with Crippen molar-refractivity contribution in [1.29, 1.82) is 0 Å². The number of hydrogen-bond acceptors (Lipinski definition) is 5. The van der Waals surface area contributed by atoms with Gasteiger partial charge in [-0.3, -0.25) is 4.79 Å². The highest BCUT2D eigenvalue weighted by Crippen LogP contribution is 2.31. The molecule has 1 N–H and O–H groups in total. The lowest BCUT2D eigenvalue weighted by Crippen LogP contribution is -2.29. The number of carbonyl (C=O) groups excluding carboxylic acids is 2. The number of ether oxygens (including phenoxy) is 3. The summed E-state index contributed by atoms with van der Waals surface area (Å²) in [5.74, 6) is 0.200. The van der Waals surface area contributed by atoms with Crippen molar-refractivity contribution < 1.29 is 23.8 Å². The van der Waals surface area contributed by atoms with E-state index in [0.717, 1.165) is 5.56 Å². The van der Waals surface area contributed by atoms with E-state index in [4.69, 9.17) is 25.8 Å². The summed E-state index contributed by atoms with van der Waals surface area (Å²) >= 11 is 5.99. The lowest BCUT2D eigenvalue weighted by Gasteiger charge is -2.18. The zero-order chi connectivity index (χ0) is 19.2. The van der Waals surface area contributed by atoms with Crippen LogP contribution in [-0.4, -0.2) is 31.2 Å². The van der Waals surface area contributed by atoms with Gasteiger partial charge in [0.25, 0.3) is 5.91 Å². The molecule has 1 amide bonds. The number of para-hydroxylation sites is 1. The standard InChI is InChI=1S/C20H18ClNO5/c1-13(20(24)22-16-5-3-2-4-15(16)21)27-19(23)9-7-14-6-8-17-18(12-14)26-11-10-25-17/h2-9,12-13H,10-11H2,1H3,(H,22,24)/b9-7+/t13-/m0/s1. The van der Waals surface area contributed by atoms with Crippen molar-refractivity contribution in [3.05, 3.63) is 59.1 Å². The highest BCUT2D eigenvalue weighted by Gasteiger charge is 2.17. The van der Waals surface area contributed by atoms with Crippen molar-refractivity contribution in [3.8, 4) is 11.5 Å². The molecule has 140 valence electrons. The fraction of sp³-hybridized carbons (Fsp3) is 0.200. The number of halogens is 1. The highest BCUT2D eigenvalue weighted by atomic mass is 35.5. The Morgan fingerprint density at radius 1 is 1.15 bits per heavy atom. The monoisotopic (exact) mass is 387 g/mol. The van der Waals surface area contributed by atoms with Crippen LogP contribution in [0.25, 0.3) is 6.08 Å². The Labute approximate surface area is 161 Å². The van der Waals surface area contributed by atoms with Gasteiger partial charge in [0.05, 0.1) is 10.7 Å². The second-order valence-electron chi connectivity index (χ2n) is 5.78. The molecule has 27 heavy (non-hydrogen) atoms. The van der Waals surface area contributed by atoms with E-state index in [1.165, 1.54) is 13.0 Å². The Morgan fingerprint density at radius 3 is 2.67 bits per heavy atom. The van der Waals surface area contributed by atoms with Crippen molar-refractivity contribution in [2.24, 2.45) is 0 Å². The minimum Gasteiger partial charge on any atom is -0.486 e. The Bertz CT molecular complexity index is 880. The maximum Gasteiger partial charge on any atom is 0.331 e. The molecule has 7 heteroatoms. The first kappa shape index (κ1) is 18.8. The Morgan fingerprint density at radius 2 is 1.89 bits per heavy atom. The van der Waals surface area contributed by atoms with Gasteiger partial charge < -0.3 is 19.5 Å². The van der Waals surface area contributed by atoms with Crippen LogP contribution in [0.3, 0.4) is 0 Å². The number of anilines is 1. The summed E-state index contributed by atoms with van der Waals surface area (Å²) in [5, 5.41) is 3.03. The maximum absolute atomic E-state index is 12.1. The summed E-state index contributed by atoms with van der Waals surface area (Å²) in [7, 11) is 0. The summed E-state index contributed by atoms with van der Waals surface area (Å²) in [6, 6.07) is 12.2. The maximum atomic E-state index is 12.1. The molecule has 0 saturated heterocycles. The number of carbonyl (C=O) groups is 2. The normalized spacial score (nSPS) is 13.9. The first-order valence-corrected chi connectivity index (χ1v) is 8.74. The van der Waals surface area contributed by atoms with E-state index in [9.17, 15) is 9.59 Å². The van der Waals surface area contributed by atoms with E-state index in [0.29, 0.717) is 35.4 Å². The molecule has 0 unspecified atom stereocenters. The topological polar surface area (TPSA) is 73.9 Å². The second-order valence-corrected chi connectivity index (χ2v) is 6.19. The predicted octanol–water partition coefficient (Wildman–Crippen LogP) is 3.69. The van der Waals surface area contributed by atoms with Crippen molar-refractivity contribution in [1.82, 2.24) is 0 Å². The van der Waals surface area contributed by atoms with Gasteiger partial charge in [0.15, 0.2) is 17.6 Å². The summed E-state index contributed by atoms with van der Waals surface area (Å²) in [6.45, 7) is 2.49. The molecule has 1 aliphatic heterocycles. The number of nitrogens with one attached hydrogen (secondary N) is 1. The molecule has 0 aliphatic carbocycles. The van der Waals surface area contributed by atoms with Crippen molar-refractivity contribution >= 4 is 35.2 Å². The molecular formula is C20H18ClNO5. The minimum absolute atomic E-state index is 0.405. The van der Waals surface area contributed by atoms with Crippen LogP contribution in [0.4, 0.5) is 5.69 Å². The van der Waals surface area contributed by atoms with Gasteiger partial charge >= 0.3 is 5.97 Å². The number of benzene rings is 2. The average Bonchev–Trinajstić information content (AvgIpc) is 2.68. The molecule has 0 spiro atoms. The minimum atomic E-state index is -0.973. The van der Waals surface area contributed by atoms with Crippen LogP contribution in [-0.2, 0) is 14.3 Å². The van der Waals surface area contributed by atoms with Crippen LogP contribution in [0.2, 0.25) is 5.02 Å². The van der Waals surface area contributed by atoms with E-state index < -0.39 is 18.0 Å². The van der Waals surface area contributed by atoms with Gasteiger partial charge in [-0.2, -0.15) is 0 Å². The molecule has 0 fully saturated rings. The first-order valence-electron chi connectivity index (χ1n) is 8.36. The lowest BCUT2D eigenvalue weighted by molar-refractivity contribution is -0.148. The van der Waals surface area contributed by atoms with Gasteiger partial charge in [0.1, 0.15) is 13.2 Å². The van der Waals surface area contributed by atoms with Crippen LogP contribution in [0, 0.1) is 0 Å². The summed E-state index contributed by atoms with van der Waals surface area (Å²) < 4.78 is 16.1. The molecule has 0 aromatic heterocycles. The van der Waals surface area contributed by atoms with E-state index in [1.54, 1.807) is 48.5 Å². The van der Waals surface area contributed by atoms with Gasteiger partial charge in [0.2, 0.25) is 0 Å². The van der Waals surface area contributed by atoms with Crippen LogP contribution in [0.5, 0.6) is 11.5 Å². The van der Waals surface area contributed by atoms with Gasteiger partial charge in [-0.1, -0.05) is 29.8 Å². The third-order valence-electron chi connectivity index (χ3n) is 3.77. The molecule has 0 bridgehead atoms. The third-order valence-corrected chi connectivity index (χ3v) is 4.10. The van der Waals surface area contributed by atoms with Crippen molar-refractivity contribution in [2.75, 3.05) is 18.5 Å². The summed E-state index contributed by atoms with van der Waals surface area (Å²) in [4.78, 5) is 24.1. The fourth-order valence-corrected chi connectivity index (χ4v) is 2.57. The van der Waals surface area contributed by atoms with E-state index in [1.807, 2.05) is 0 Å². The lowest BCUT2D eigenvalue weighted by atomic mass is 10.2. The van der Waals surface area contributed by atoms with Crippen LogP contribution < -0.4 is 14.8 Å². The first-order chi connectivity index (χ1) is 13.0. The number of amides is 1. The van der Waals surface area contributed by atoms with Gasteiger partial charge in [-0.25, -0.2) is 4.79 Å². The quantitative estimate of drug-likeness (QED) is 0.625. The van der Waals surface area contributed by atoms with Gasteiger partial charge in [-0.05, 0) is 42.8 Å². The summed E-state index contributed by atoms with van der Waals surface area (Å²) in [5.41, 5.74) is 1.21. The predicted molar refractivity (Wildman–Crippen MR) is 102 cm³/mol. The number of esters is 1. The molecule has 3 rings (SSSR count). The van der Waals surface area contributed by atoms with Gasteiger partial charge in [-0.15, -0.1) is 0 Å². The highest BCUT2D eigenvalue weighted by molar-refractivity contribution is 6.33. The summed E-state index contributed by atoms with van der Waals surface area (Å²) in [6.07, 6.45) is 1.86. The third kappa shape index (κ3) is 5.01. The Hall–Kier alpha value is -2.99. The zero-order valence-corrected chi connectivity index (χ0v) is 15.4. The SMILES string of the molecule is C[C@H](OC(=O)/C=C/c1ccc2c(c1)OCCO2)C(=O)Nc1ccccc1Cl. The molecular weight excluding hydrogens is 370 g/mol. The fourth-order valence-electron chi connectivity index (χ4n) is 2.39. The van der Waals surface area contributed by atoms with E-state index >= 15 is 0 Å². The molecule has 2 aromatic carbocycles. The van der Waals surface area contributed by atoms with Crippen LogP contribution >= 0.6 is 11.6 Å². The van der Waals surface area contributed by atoms with Crippen molar-refractivity contribution in [2.45, 2.75) is 13.0 Å². The number of hydrogen-bond donors (Lipinski definition) is 1. The molecule has 1 heterocycles. The Balaban J connectivity index is 1.56. The molecule has 2 aromatic rings. The largest absolute Gasteiger partial charge is 0.486 e. The zero-order valence-electron chi connectivity index (χ0n) is 14.6. The molecule has 6 nitrogen and oxygen atoms in total. The average molecular weight is 388 g/mol. The van der Waals surface area contributed by atoms with E-state index in [2.05, 4.69) is 5.32 Å². The molecule has 0 saturated carbocycles. The number of fused-ring (bicyclic) bond motifs is 1. The van der Waals surface area contributed by atoms with Crippen LogP contribution in [0.15, 0.2) is 48.5 Å². The van der Waals surface area contributed by atoms with Crippen molar-refractivity contribution in [3.63, 3.8) is 0 Å². The molecule has 1 aliphatic rings. The second kappa shape index (κ2) is 8.60. The molecule has 0 radical (unpaired) electrons. The molecule has 1 atom stereocenters. The Kier molecular flexibility index (Phi) is 5.98. The van der Waals surface area contributed by atoms with Gasteiger partial charge in [0, 0.05) is 6.08 Å². The number of rotatable bonds is 5.